The Balaban J connectivity index is 1.15. The number of carbonyl (C=O) groups is 1. The number of hydrogen-bond acceptors (Lipinski definition) is 7. The number of amides is 2. The average Bonchev–Trinajstić information content (AvgIpc) is 3.44. The van der Waals surface area contributed by atoms with Crippen molar-refractivity contribution in [2.24, 2.45) is 0 Å². The Bertz CT molecular complexity index is 1210. The molecule has 2 amide bonds. The van der Waals surface area contributed by atoms with E-state index in [9.17, 15) is 4.79 Å². The molecule has 33 heavy (non-hydrogen) atoms. The standard InChI is InChI=1S/C24H25N5O3S/c1-15-12-29(13-16(2)31-15)22-8-7-18(10-25-22)27-24(30)26-11-23-28-19(14-33-23)21-9-17-5-3-4-6-20(17)32-21/h3-10,14-16H,11-13H2,1-2H3,(H2,26,27,30). The number of para-hydroxylation sites is 1. The number of pyridine rings is 1. The van der Waals surface area contributed by atoms with Gasteiger partial charge in [0, 0.05) is 23.9 Å². The van der Waals surface area contributed by atoms with Gasteiger partial charge >= 0.3 is 6.03 Å². The number of rotatable bonds is 5. The summed E-state index contributed by atoms with van der Waals surface area (Å²) >= 11 is 1.48. The Morgan fingerprint density at radius 3 is 2.76 bits per heavy atom. The summed E-state index contributed by atoms with van der Waals surface area (Å²) in [5, 5.41) is 9.43. The molecule has 170 valence electrons. The molecular formula is C24H25N5O3S. The second kappa shape index (κ2) is 9.21. The van der Waals surface area contributed by atoms with Crippen LogP contribution in [0.25, 0.3) is 22.4 Å². The van der Waals surface area contributed by atoms with Gasteiger partial charge in [-0.3, -0.25) is 0 Å². The van der Waals surface area contributed by atoms with E-state index < -0.39 is 0 Å². The van der Waals surface area contributed by atoms with Gasteiger partial charge in [0.1, 0.15) is 22.1 Å². The zero-order valence-electron chi connectivity index (χ0n) is 18.4. The molecule has 0 bridgehead atoms. The molecule has 1 aromatic carbocycles. The molecule has 4 heterocycles. The molecule has 2 unspecified atom stereocenters. The molecule has 8 nitrogen and oxygen atoms in total. The Morgan fingerprint density at radius 1 is 1.18 bits per heavy atom. The third-order valence-electron chi connectivity index (χ3n) is 5.38. The summed E-state index contributed by atoms with van der Waals surface area (Å²) in [5.74, 6) is 1.60. The lowest BCUT2D eigenvalue weighted by Crippen LogP contribution is -2.45. The first-order chi connectivity index (χ1) is 16.0. The fourth-order valence-corrected chi connectivity index (χ4v) is 4.68. The van der Waals surface area contributed by atoms with E-state index in [-0.39, 0.29) is 18.2 Å². The quantitative estimate of drug-likeness (QED) is 0.438. The van der Waals surface area contributed by atoms with Crippen molar-refractivity contribution < 1.29 is 13.9 Å². The maximum atomic E-state index is 12.3. The van der Waals surface area contributed by atoms with E-state index in [1.54, 1.807) is 6.20 Å². The Kier molecular flexibility index (Phi) is 5.97. The van der Waals surface area contributed by atoms with Gasteiger partial charge < -0.3 is 24.7 Å². The van der Waals surface area contributed by atoms with Gasteiger partial charge in [-0.05, 0) is 38.1 Å². The monoisotopic (exact) mass is 463 g/mol. The van der Waals surface area contributed by atoms with Gasteiger partial charge in [0.2, 0.25) is 0 Å². The number of nitrogens with zero attached hydrogens (tertiary/aromatic N) is 3. The molecule has 2 N–H and O–H groups in total. The molecule has 0 aliphatic carbocycles. The number of benzene rings is 1. The molecule has 4 aromatic rings. The topological polar surface area (TPSA) is 92.5 Å². The zero-order chi connectivity index (χ0) is 22.8. The largest absolute Gasteiger partial charge is 0.454 e. The van der Waals surface area contributed by atoms with Crippen molar-refractivity contribution in [1.82, 2.24) is 15.3 Å². The molecule has 1 fully saturated rings. The molecule has 9 heteroatoms. The number of urea groups is 1. The van der Waals surface area contributed by atoms with E-state index in [0.717, 1.165) is 46.3 Å². The molecule has 1 aliphatic rings. The molecule has 1 aliphatic heterocycles. The number of hydrogen-bond donors (Lipinski definition) is 2. The maximum Gasteiger partial charge on any atom is 0.319 e. The van der Waals surface area contributed by atoms with Crippen LogP contribution >= 0.6 is 11.3 Å². The van der Waals surface area contributed by atoms with E-state index in [1.165, 1.54) is 11.3 Å². The van der Waals surface area contributed by atoms with Gasteiger partial charge in [0.15, 0.2) is 5.76 Å². The minimum atomic E-state index is -0.307. The van der Waals surface area contributed by atoms with E-state index >= 15 is 0 Å². The van der Waals surface area contributed by atoms with E-state index in [2.05, 4.69) is 39.3 Å². The first-order valence-electron chi connectivity index (χ1n) is 10.9. The molecule has 0 spiro atoms. The van der Waals surface area contributed by atoms with Crippen molar-refractivity contribution in [3.8, 4) is 11.5 Å². The van der Waals surface area contributed by atoms with Crippen LogP contribution in [0.5, 0.6) is 0 Å². The summed E-state index contributed by atoms with van der Waals surface area (Å²) in [6, 6.07) is 13.3. The number of furan rings is 1. The third kappa shape index (κ3) is 4.99. The fraction of sp³-hybridized carbons (Fsp3) is 0.292. The van der Waals surface area contributed by atoms with Crippen LogP contribution in [0.3, 0.4) is 0 Å². The minimum Gasteiger partial charge on any atom is -0.454 e. The predicted molar refractivity (Wildman–Crippen MR) is 130 cm³/mol. The summed E-state index contributed by atoms with van der Waals surface area (Å²) in [6.07, 6.45) is 2.00. The number of morpholine rings is 1. The maximum absolute atomic E-state index is 12.3. The van der Waals surface area contributed by atoms with Crippen molar-refractivity contribution in [2.45, 2.75) is 32.6 Å². The summed E-state index contributed by atoms with van der Waals surface area (Å²) < 4.78 is 11.6. The van der Waals surface area contributed by atoms with Crippen LogP contribution < -0.4 is 15.5 Å². The summed E-state index contributed by atoms with van der Waals surface area (Å²) in [4.78, 5) is 23.6. The minimum absolute atomic E-state index is 0.164. The first-order valence-corrected chi connectivity index (χ1v) is 11.8. The van der Waals surface area contributed by atoms with E-state index in [0.29, 0.717) is 12.2 Å². The van der Waals surface area contributed by atoms with Gasteiger partial charge in [-0.25, -0.2) is 14.8 Å². The van der Waals surface area contributed by atoms with Crippen molar-refractivity contribution in [3.05, 3.63) is 59.0 Å². The highest BCUT2D eigenvalue weighted by Crippen LogP contribution is 2.28. The van der Waals surface area contributed by atoms with Crippen LogP contribution in [0.4, 0.5) is 16.3 Å². The number of anilines is 2. The normalized spacial score (nSPS) is 18.4. The number of fused-ring (bicyclic) bond motifs is 1. The Labute approximate surface area is 195 Å². The van der Waals surface area contributed by atoms with Gasteiger partial charge in [-0.15, -0.1) is 11.3 Å². The van der Waals surface area contributed by atoms with Crippen LogP contribution in [0.1, 0.15) is 18.9 Å². The van der Waals surface area contributed by atoms with Crippen LogP contribution in [-0.2, 0) is 11.3 Å². The van der Waals surface area contributed by atoms with Crippen LogP contribution in [0, 0.1) is 0 Å². The molecule has 1 saturated heterocycles. The molecule has 0 saturated carbocycles. The van der Waals surface area contributed by atoms with Gasteiger partial charge in [0.25, 0.3) is 0 Å². The fourth-order valence-electron chi connectivity index (χ4n) is 3.96. The summed E-state index contributed by atoms with van der Waals surface area (Å²) in [5.41, 5.74) is 2.23. The molecule has 3 aromatic heterocycles. The van der Waals surface area contributed by atoms with Gasteiger partial charge in [0.05, 0.1) is 30.6 Å². The lowest BCUT2D eigenvalue weighted by atomic mass is 10.2. The molecule has 0 radical (unpaired) electrons. The summed E-state index contributed by atoms with van der Waals surface area (Å²) in [6.45, 7) is 6.05. The van der Waals surface area contributed by atoms with E-state index in [4.69, 9.17) is 9.15 Å². The zero-order valence-corrected chi connectivity index (χ0v) is 19.3. The highest BCUT2D eigenvalue weighted by molar-refractivity contribution is 7.09. The van der Waals surface area contributed by atoms with Crippen molar-refractivity contribution >= 4 is 39.8 Å². The molecule has 5 rings (SSSR count). The number of thiazole rings is 1. The van der Waals surface area contributed by atoms with Crippen LogP contribution in [-0.4, -0.2) is 41.3 Å². The number of nitrogens with one attached hydrogen (secondary N) is 2. The molecule has 2 atom stereocenters. The SMILES string of the molecule is CC1CN(c2ccc(NC(=O)NCc3nc(-c4cc5ccccc5o4)cs3)cn2)CC(C)O1. The lowest BCUT2D eigenvalue weighted by Gasteiger charge is -2.36. The molecular weight excluding hydrogens is 438 g/mol. The van der Waals surface area contributed by atoms with Crippen LogP contribution in [0.15, 0.2) is 58.5 Å². The second-order valence-corrected chi connectivity index (χ2v) is 9.09. The number of carbonyl (C=O) groups excluding carboxylic acids is 1. The van der Waals surface area contributed by atoms with Gasteiger partial charge in [-0.1, -0.05) is 18.2 Å². The average molecular weight is 464 g/mol. The van der Waals surface area contributed by atoms with Crippen molar-refractivity contribution in [3.63, 3.8) is 0 Å². The Hall–Kier alpha value is -3.43. The van der Waals surface area contributed by atoms with Gasteiger partial charge in [-0.2, -0.15) is 0 Å². The number of aromatic nitrogens is 2. The van der Waals surface area contributed by atoms with Crippen LogP contribution in [0.2, 0.25) is 0 Å². The highest BCUT2D eigenvalue weighted by Gasteiger charge is 2.23. The predicted octanol–water partition coefficient (Wildman–Crippen LogP) is 4.89. The smallest absolute Gasteiger partial charge is 0.319 e. The highest BCUT2D eigenvalue weighted by atomic mass is 32.1. The van der Waals surface area contributed by atoms with Crippen molar-refractivity contribution in [1.29, 1.82) is 0 Å². The second-order valence-electron chi connectivity index (χ2n) is 8.15. The first kappa shape index (κ1) is 21.4. The summed E-state index contributed by atoms with van der Waals surface area (Å²) in [7, 11) is 0. The Morgan fingerprint density at radius 2 is 2.00 bits per heavy atom. The van der Waals surface area contributed by atoms with Crippen molar-refractivity contribution in [2.75, 3.05) is 23.3 Å². The van der Waals surface area contributed by atoms with E-state index in [1.807, 2.05) is 47.8 Å². The number of ether oxygens (including phenoxy) is 1. The lowest BCUT2D eigenvalue weighted by molar-refractivity contribution is -0.00545. The third-order valence-corrected chi connectivity index (χ3v) is 6.23.